The number of aliphatic hydroxyl groups excluding tert-OH is 16. The summed E-state index contributed by atoms with van der Waals surface area (Å²) in [5, 5.41) is 195. The van der Waals surface area contributed by atoms with Gasteiger partial charge in [-0.15, -0.1) is 0 Å². The van der Waals surface area contributed by atoms with Crippen LogP contribution in [0.4, 0.5) is 0 Å². The van der Waals surface area contributed by atoms with Crippen LogP contribution in [-0.2, 0) is 152 Å². The molecule has 27 rings (SSSR count). The third-order valence-electron chi connectivity index (χ3n) is 22.2. The summed E-state index contributed by atoms with van der Waals surface area (Å²) in [4.78, 5) is 89.7. The van der Waals surface area contributed by atoms with Crippen molar-refractivity contribution in [1.29, 1.82) is 0 Å². The first-order chi connectivity index (χ1) is 63.9. The summed E-state index contributed by atoms with van der Waals surface area (Å²) in [6.45, 7) is 0.417. The molecule has 0 spiro atoms. The fourth-order valence-electron chi connectivity index (χ4n) is 15.5. The maximum absolute atomic E-state index is 12.4. The van der Waals surface area contributed by atoms with E-state index in [9.17, 15) is 120 Å². The molecule has 27 fully saturated rings. The van der Waals surface area contributed by atoms with Gasteiger partial charge in [0.15, 0.2) is 50.3 Å². The van der Waals surface area contributed by atoms with Crippen molar-refractivity contribution in [2.45, 2.75) is 259 Å². The first kappa shape index (κ1) is 113. The summed E-state index contributed by atoms with van der Waals surface area (Å²) in [6, 6.07) is 0. The molecule has 27 aliphatic heterocycles. The third kappa shape index (κ3) is 32.7. The second-order valence-corrected chi connectivity index (χ2v) is 40.0. The minimum absolute atomic E-state index is 0.0423. The predicted octanol–water partition coefficient (Wildman–Crippen LogP) is -8.68. The zero-order chi connectivity index (χ0) is 95.2. The summed E-state index contributed by atoms with van der Waals surface area (Å²) in [6.07, 6.45) is -71.6. The first-order valence-electron chi connectivity index (χ1n) is 42.3. The Labute approximate surface area is 791 Å². The molecule has 0 radical (unpaired) electrons. The van der Waals surface area contributed by atoms with Crippen molar-refractivity contribution in [2.75, 3.05) is 152 Å². The van der Waals surface area contributed by atoms with Crippen molar-refractivity contribution in [3.05, 3.63) is 0 Å². The molecule has 132 heavy (non-hydrogen) atoms. The fraction of sp³-hybridized carbons (Fsp3) is 0.895. The van der Waals surface area contributed by atoms with Gasteiger partial charge >= 0.3 is 0 Å². The Morgan fingerprint density at radius 3 is 0.568 bits per heavy atom. The van der Waals surface area contributed by atoms with Crippen LogP contribution >= 0.6 is 94.1 Å². The van der Waals surface area contributed by atoms with E-state index in [0.717, 1.165) is 82.3 Å². The van der Waals surface area contributed by atoms with Crippen molar-refractivity contribution >= 4 is 146 Å². The molecule has 16 N–H and O–H groups in total. The number of rotatable bonds is 48. The molecule has 0 aliphatic carbocycles. The second kappa shape index (κ2) is 60.5. The summed E-state index contributed by atoms with van der Waals surface area (Å²) in [5.41, 5.74) is 0. The Morgan fingerprint density at radius 2 is 0.371 bits per heavy atom. The Balaban J connectivity index is 1.07. The van der Waals surface area contributed by atoms with Gasteiger partial charge in [0, 0.05) is 105 Å². The highest BCUT2D eigenvalue weighted by Crippen LogP contribution is 2.43. The van der Waals surface area contributed by atoms with Crippen LogP contribution in [0.5, 0.6) is 0 Å². The van der Waals surface area contributed by atoms with Crippen LogP contribution in [0.2, 0.25) is 0 Å². The van der Waals surface area contributed by atoms with Crippen molar-refractivity contribution in [3.63, 3.8) is 0 Å². The fourth-order valence-corrected chi connectivity index (χ4v) is 22.6. The molecule has 760 valence electrons. The van der Waals surface area contributed by atoms with Gasteiger partial charge in [0.1, 0.15) is 187 Å². The van der Waals surface area contributed by atoms with Gasteiger partial charge < -0.3 is 195 Å². The van der Waals surface area contributed by atoms with Gasteiger partial charge in [-0.3, -0.25) is 38.4 Å². The maximum atomic E-state index is 12.4. The highest BCUT2D eigenvalue weighted by atomic mass is 32.2. The summed E-state index contributed by atoms with van der Waals surface area (Å²) in [7, 11) is 0. The van der Waals surface area contributed by atoms with E-state index in [-0.39, 0.29) is 223 Å². The number of carbonyl (C=O) groups excluding carboxylic acids is 8. The Morgan fingerprint density at radius 1 is 0.205 bits per heavy atom. The number of aliphatic hydroxyl groups is 16. The van der Waals surface area contributed by atoms with Gasteiger partial charge in [0.2, 0.25) is 0 Å². The summed E-state index contributed by atoms with van der Waals surface area (Å²) >= 11 is 8.73. The lowest BCUT2D eigenvalue weighted by Gasteiger charge is -2.50. The van der Waals surface area contributed by atoms with E-state index in [1.165, 1.54) is 11.8 Å². The minimum atomic E-state index is -2.23. The van der Waals surface area contributed by atoms with Crippen molar-refractivity contribution in [2.24, 2.45) is 5.92 Å². The highest BCUT2D eigenvalue weighted by molar-refractivity contribution is 8.00. The Kier molecular flexibility index (Phi) is 51.8. The normalized spacial score (nSPS) is 40.7. The van der Waals surface area contributed by atoms with Gasteiger partial charge in [0.05, 0.1) is 54.9 Å². The quantitative estimate of drug-likeness (QED) is 0.0153. The zero-order valence-corrected chi connectivity index (χ0v) is 77.5. The number of carbonyl (C=O) groups is 8. The molecule has 0 saturated carbocycles. The predicted molar refractivity (Wildman–Crippen MR) is 458 cm³/mol. The van der Waals surface area contributed by atoms with Crippen LogP contribution in [0.25, 0.3) is 0 Å². The van der Waals surface area contributed by atoms with Gasteiger partial charge in [-0.05, 0) is 12.8 Å². The van der Waals surface area contributed by atoms with Crippen molar-refractivity contribution in [1.82, 2.24) is 0 Å². The standard InChI is InChI=1S/C76H120O48S8/c77-29-101-5-13-125-21-38-37-3-1-2-4-109-69-55(94)47(86)62(39(111-69)22-126-14-6-102-30-78)119-71-57(96)49(88)64(41(113-71)24-128-16-8-104-32-80)121-73-59(98)51(90)66(43(115-73)26-130-18-10-106-34-82)123-75-61(100)53(92)68(45(117-75)28-132-20-12-108-36-84)124-76-60(99)52(91)67(44(116-76)27-131-19-11-107-35-83)122-74-58(97)50(89)65(42(114-74)25-129-17-9-105-33-81)120-72-56(95)48(87)63(118-70(110-38)54(93)46(37)85)40(112-72)23-127-15-7-103-31-79/h29-76,85-100H,1-28H2. The van der Waals surface area contributed by atoms with E-state index < -0.39 is 245 Å². The van der Waals surface area contributed by atoms with E-state index >= 15 is 0 Å². The smallest absolute Gasteiger partial charge is 0.293 e. The lowest BCUT2D eigenvalue weighted by molar-refractivity contribution is -0.391. The van der Waals surface area contributed by atoms with Gasteiger partial charge in [0.25, 0.3) is 51.8 Å². The molecule has 0 aromatic heterocycles. The largest absolute Gasteiger partial charge is 0.467 e. The molecule has 0 aromatic rings. The molecule has 0 amide bonds. The highest BCUT2D eigenvalue weighted by Gasteiger charge is 2.60. The lowest BCUT2D eigenvalue weighted by Crippen LogP contribution is -2.68. The average Bonchev–Trinajstić information content (AvgIpc) is 0.771. The number of hydrogen-bond acceptors (Lipinski definition) is 56. The zero-order valence-electron chi connectivity index (χ0n) is 71.0. The van der Waals surface area contributed by atoms with Crippen LogP contribution in [0.15, 0.2) is 0 Å². The van der Waals surface area contributed by atoms with Gasteiger partial charge in [-0.25, -0.2) is 0 Å². The molecule has 40 atom stereocenters. The van der Waals surface area contributed by atoms with Crippen molar-refractivity contribution < 1.29 is 234 Å². The summed E-state index contributed by atoms with van der Waals surface area (Å²) < 4.78 is 141. The lowest BCUT2D eigenvalue weighted by atomic mass is 9.85. The topological polar surface area (TPSA) is 682 Å². The number of ether oxygens (including phenoxy) is 24. The molecule has 0 aromatic carbocycles. The van der Waals surface area contributed by atoms with Crippen LogP contribution in [0.1, 0.15) is 19.3 Å². The molecule has 56 heteroatoms. The van der Waals surface area contributed by atoms with E-state index in [4.69, 9.17) is 114 Å². The maximum Gasteiger partial charge on any atom is 0.293 e. The third-order valence-corrected chi connectivity index (χ3v) is 30.3. The van der Waals surface area contributed by atoms with Crippen molar-refractivity contribution in [3.8, 4) is 0 Å². The number of thioether (sulfide) groups is 8. The Bertz CT molecular complexity index is 3240. The van der Waals surface area contributed by atoms with Crippen LogP contribution in [0, 0.1) is 5.92 Å². The van der Waals surface area contributed by atoms with Crippen LogP contribution in [0.3, 0.4) is 0 Å². The molecule has 27 heterocycles. The van der Waals surface area contributed by atoms with Crippen LogP contribution < -0.4 is 0 Å². The molecule has 48 nitrogen and oxygen atoms in total. The van der Waals surface area contributed by atoms with E-state index in [2.05, 4.69) is 0 Å². The number of hydrogen-bond donors (Lipinski definition) is 16. The summed E-state index contributed by atoms with van der Waals surface area (Å²) in [5.74, 6) is -1.41. The van der Waals surface area contributed by atoms with E-state index in [1.54, 1.807) is 0 Å². The van der Waals surface area contributed by atoms with Gasteiger partial charge in [-0.2, -0.15) is 94.1 Å². The molecule has 27 saturated heterocycles. The molecule has 40 unspecified atom stereocenters. The van der Waals surface area contributed by atoms with E-state index in [1.807, 2.05) is 0 Å². The van der Waals surface area contributed by atoms with E-state index in [0.29, 0.717) is 0 Å². The average molecular weight is 2060 g/mol. The Hall–Kier alpha value is -2.72. The molecule has 27 aliphatic rings. The van der Waals surface area contributed by atoms with Gasteiger partial charge in [-0.1, -0.05) is 6.42 Å². The molecular formula is C76H120O48S8. The minimum Gasteiger partial charge on any atom is -0.467 e. The monoisotopic (exact) mass is 2060 g/mol. The molecule has 16 bridgehead atoms. The first-order valence-corrected chi connectivity index (χ1v) is 51.5. The second-order valence-electron chi connectivity index (χ2n) is 30.8. The van der Waals surface area contributed by atoms with Crippen LogP contribution in [-0.4, -0.2) is 525 Å². The SMILES string of the molecule is O=COCCSCC1OC2OC3C(CSCCOC=O)OC(OC4C(CSCCOC=O)OC(OC5C(CSCCOC=O)OC(OC6C(CSCCOC=O)OC(OC7C(CSCCOC=O)OC(OC8C(CSCCOC=O)OC(OC9C(CSCCOC=O)OC(OCCCCC1C(O)C2O)C(O)C9O)C(O)C8O)C(O)C7O)C(O)C6O)C(O)C5O)C(O)C4O)C(O)C3O. The molecular weight excluding hydrogens is 1940 g/mol.